The zero-order valence-electron chi connectivity index (χ0n) is 21.7. The third-order valence-electron chi connectivity index (χ3n) is 4.70. The van der Waals surface area contributed by atoms with Crippen molar-refractivity contribution in [3.63, 3.8) is 0 Å². The summed E-state index contributed by atoms with van der Waals surface area (Å²) in [6.07, 6.45) is 17.1. The van der Waals surface area contributed by atoms with Crippen LogP contribution < -0.4 is 0 Å². The highest BCUT2D eigenvalue weighted by molar-refractivity contribution is 6.05. The molecule has 0 saturated heterocycles. The molecule has 0 bridgehead atoms. The Kier molecular flexibility index (Phi) is 35.0. The first-order chi connectivity index (χ1) is 15.4. The van der Waals surface area contributed by atoms with Crippen molar-refractivity contribution in [3.8, 4) is 0 Å². The Morgan fingerprint density at radius 2 is 1.00 bits per heavy atom. The number of carboxylic acids is 1. The monoisotopic (exact) mass is 476 g/mol. The van der Waals surface area contributed by atoms with Crippen molar-refractivity contribution in [2.45, 2.75) is 137 Å². The van der Waals surface area contributed by atoms with Gasteiger partial charge in [-0.25, -0.2) is 0 Å². The molecule has 0 spiro atoms. The van der Waals surface area contributed by atoms with Crippen LogP contribution in [-0.4, -0.2) is 40.1 Å². The number of carbonyl (C=O) groups excluding carboxylic acids is 2. The standard InChI is InChI=1S/C13H26O2.C6H14O2Si.C6H12O2/c1-3-5-7-8-10-12-15-13(14)11-9-6-4-2;1-2-3-4-5-6(7)8-9;1-2-3-4-5-6(7)8/h3-12H2,1-2H3;2-5H2,1,9H3;2-5H2,1H3,(H,7,8). The van der Waals surface area contributed by atoms with Crippen LogP contribution in [0.1, 0.15) is 137 Å². The van der Waals surface area contributed by atoms with Crippen molar-refractivity contribution < 1.29 is 28.7 Å². The normalized spacial score (nSPS) is 9.75. The zero-order valence-corrected chi connectivity index (χ0v) is 23.7. The Hall–Kier alpha value is -1.37. The summed E-state index contributed by atoms with van der Waals surface area (Å²) < 4.78 is 9.73. The fraction of sp³-hybridized carbons (Fsp3) is 0.880. The fourth-order valence-electron chi connectivity index (χ4n) is 2.63. The number of esters is 1. The van der Waals surface area contributed by atoms with Crippen molar-refractivity contribution in [2.75, 3.05) is 6.61 Å². The fourth-order valence-corrected chi connectivity index (χ4v) is 2.83. The van der Waals surface area contributed by atoms with Crippen LogP contribution >= 0.6 is 0 Å². The van der Waals surface area contributed by atoms with Crippen LogP contribution in [0.3, 0.4) is 0 Å². The van der Waals surface area contributed by atoms with Crippen LogP contribution in [-0.2, 0) is 23.5 Å². The highest BCUT2D eigenvalue weighted by atomic mass is 28.2. The van der Waals surface area contributed by atoms with Gasteiger partial charge in [0.25, 0.3) is 5.97 Å². The van der Waals surface area contributed by atoms with Crippen LogP contribution in [0.15, 0.2) is 0 Å². The van der Waals surface area contributed by atoms with Gasteiger partial charge in [0, 0.05) is 19.3 Å². The van der Waals surface area contributed by atoms with E-state index in [0.717, 1.165) is 64.2 Å². The second kappa shape index (κ2) is 31.8. The van der Waals surface area contributed by atoms with Gasteiger partial charge in [-0.05, 0) is 25.7 Å². The van der Waals surface area contributed by atoms with Crippen molar-refractivity contribution >= 4 is 28.4 Å². The molecular weight excluding hydrogens is 424 g/mol. The molecule has 6 nitrogen and oxygen atoms in total. The van der Waals surface area contributed by atoms with Crippen LogP contribution in [0.25, 0.3) is 0 Å². The van der Waals surface area contributed by atoms with E-state index >= 15 is 0 Å². The molecule has 0 saturated carbocycles. The first kappa shape index (κ1) is 35.2. The Morgan fingerprint density at radius 3 is 1.44 bits per heavy atom. The first-order valence-corrected chi connectivity index (χ1v) is 13.6. The van der Waals surface area contributed by atoms with E-state index in [2.05, 4.69) is 32.1 Å². The number of unbranched alkanes of at least 4 members (excludes halogenated alkanes) is 10. The third kappa shape index (κ3) is 39.1. The molecule has 192 valence electrons. The van der Waals surface area contributed by atoms with Crippen molar-refractivity contribution in [2.24, 2.45) is 0 Å². The molecule has 0 amide bonds. The molecule has 0 unspecified atom stereocenters. The van der Waals surface area contributed by atoms with E-state index < -0.39 is 5.97 Å². The highest BCUT2D eigenvalue weighted by Gasteiger charge is 2.01. The van der Waals surface area contributed by atoms with Gasteiger partial charge in [-0.15, -0.1) is 0 Å². The van der Waals surface area contributed by atoms with E-state index in [4.69, 9.17) is 9.84 Å². The maximum Gasteiger partial charge on any atom is 0.305 e. The smallest absolute Gasteiger partial charge is 0.305 e. The van der Waals surface area contributed by atoms with Crippen LogP contribution in [0.2, 0.25) is 0 Å². The Morgan fingerprint density at radius 1 is 0.594 bits per heavy atom. The molecule has 7 heteroatoms. The average molecular weight is 477 g/mol. The van der Waals surface area contributed by atoms with Gasteiger partial charge in [0.1, 0.15) is 0 Å². The molecule has 32 heavy (non-hydrogen) atoms. The van der Waals surface area contributed by atoms with E-state index in [1.807, 2.05) is 0 Å². The van der Waals surface area contributed by atoms with Gasteiger partial charge in [-0.3, -0.25) is 14.4 Å². The predicted molar refractivity (Wildman–Crippen MR) is 136 cm³/mol. The summed E-state index contributed by atoms with van der Waals surface area (Å²) in [5.41, 5.74) is 0. The van der Waals surface area contributed by atoms with Gasteiger partial charge in [0.05, 0.1) is 6.61 Å². The van der Waals surface area contributed by atoms with Gasteiger partial charge < -0.3 is 14.3 Å². The maximum atomic E-state index is 11.2. The number of hydrogen-bond acceptors (Lipinski definition) is 5. The molecule has 0 rings (SSSR count). The summed E-state index contributed by atoms with van der Waals surface area (Å²) in [4.78, 5) is 31.6. The molecular formula is C25H52O6Si. The zero-order chi connectivity index (χ0) is 24.9. The highest BCUT2D eigenvalue weighted by Crippen LogP contribution is 2.04. The van der Waals surface area contributed by atoms with Gasteiger partial charge in [0.2, 0.25) is 10.5 Å². The molecule has 0 aromatic heterocycles. The SMILES string of the molecule is CCCCCC(=O)O.CCCCCC(=O)O[SiH3].CCCCCCCOC(=O)CCCCC. The lowest BCUT2D eigenvalue weighted by atomic mass is 10.2. The van der Waals surface area contributed by atoms with E-state index in [1.165, 1.54) is 25.7 Å². The Balaban J connectivity index is -0.000000424. The molecule has 0 atom stereocenters. The van der Waals surface area contributed by atoms with Gasteiger partial charge in [-0.2, -0.15) is 0 Å². The summed E-state index contributed by atoms with van der Waals surface area (Å²) in [7, 11) is 0.542. The summed E-state index contributed by atoms with van der Waals surface area (Å²) in [6.45, 7) is 9.13. The van der Waals surface area contributed by atoms with Gasteiger partial charge in [0.15, 0.2) is 0 Å². The molecule has 0 aliphatic carbocycles. The van der Waals surface area contributed by atoms with E-state index in [9.17, 15) is 14.4 Å². The minimum atomic E-state index is -0.682. The second-order valence-electron chi connectivity index (χ2n) is 7.98. The first-order valence-electron chi connectivity index (χ1n) is 12.8. The van der Waals surface area contributed by atoms with Crippen LogP contribution in [0.5, 0.6) is 0 Å². The molecule has 1 N–H and O–H groups in total. The molecule has 0 aromatic carbocycles. The summed E-state index contributed by atoms with van der Waals surface area (Å²) in [6, 6.07) is 0. The number of hydrogen-bond donors (Lipinski definition) is 1. The number of carboxylic acid groups (broad SMARTS) is 1. The predicted octanol–water partition coefficient (Wildman–Crippen LogP) is 6.12. The lowest BCUT2D eigenvalue weighted by Gasteiger charge is -2.04. The quantitative estimate of drug-likeness (QED) is 0.145. The van der Waals surface area contributed by atoms with Gasteiger partial charge in [-0.1, -0.05) is 91.9 Å². The molecule has 0 heterocycles. The second-order valence-corrected chi connectivity index (χ2v) is 8.38. The minimum absolute atomic E-state index is 0.0149. The number of aliphatic carboxylic acids is 1. The Labute approximate surface area is 200 Å². The molecule has 0 aliphatic heterocycles. The van der Waals surface area contributed by atoms with Crippen molar-refractivity contribution in [1.82, 2.24) is 0 Å². The number of rotatable bonds is 18. The summed E-state index contributed by atoms with van der Waals surface area (Å²) in [5.74, 6) is -0.729. The Bertz CT molecular complexity index is 415. The largest absolute Gasteiger partial charge is 0.529 e. The minimum Gasteiger partial charge on any atom is -0.529 e. The van der Waals surface area contributed by atoms with Crippen LogP contribution in [0.4, 0.5) is 0 Å². The van der Waals surface area contributed by atoms with E-state index in [-0.39, 0.29) is 11.9 Å². The average Bonchev–Trinajstić information content (AvgIpc) is 2.77. The van der Waals surface area contributed by atoms with Gasteiger partial charge >= 0.3 is 11.9 Å². The lowest BCUT2D eigenvalue weighted by Crippen LogP contribution is -2.05. The summed E-state index contributed by atoms with van der Waals surface area (Å²) >= 11 is 0. The lowest BCUT2D eigenvalue weighted by molar-refractivity contribution is -0.144. The third-order valence-corrected chi connectivity index (χ3v) is 5.16. The maximum absolute atomic E-state index is 11.2. The molecule has 0 aliphatic rings. The van der Waals surface area contributed by atoms with Crippen LogP contribution in [0, 0.1) is 0 Å². The molecule has 0 fully saturated rings. The van der Waals surface area contributed by atoms with Crippen molar-refractivity contribution in [1.29, 1.82) is 0 Å². The van der Waals surface area contributed by atoms with E-state index in [1.54, 1.807) is 0 Å². The molecule has 0 aromatic rings. The topological polar surface area (TPSA) is 89.9 Å². The summed E-state index contributed by atoms with van der Waals surface area (Å²) in [5, 5.41) is 8.14. The van der Waals surface area contributed by atoms with Crippen molar-refractivity contribution in [3.05, 3.63) is 0 Å². The molecule has 0 radical (unpaired) electrons. The van der Waals surface area contributed by atoms with E-state index in [0.29, 0.717) is 36.4 Å². The number of carbonyl (C=O) groups is 3. The number of ether oxygens (including phenoxy) is 1.